The Kier molecular flexibility index (Phi) is 13.0. The van der Waals surface area contributed by atoms with Crippen LogP contribution in [0.1, 0.15) is 43.9 Å². The van der Waals surface area contributed by atoms with E-state index in [0.717, 1.165) is 34.3 Å². The van der Waals surface area contributed by atoms with Gasteiger partial charge in [0.25, 0.3) is 10.1 Å². The molecule has 0 aliphatic rings. The van der Waals surface area contributed by atoms with Gasteiger partial charge in [0.2, 0.25) is 0 Å². The molecule has 226 valence electrons. The second kappa shape index (κ2) is 16.4. The van der Waals surface area contributed by atoms with Crippen LogP contribution < -0.4 is 10.1 Å². The SMILES string of the molecule is COc1ccc(CS[C@@H](CCc2ccccc2)[C@@H](C=CS(=O)(=O)OCC(C)(C)C)NC(=O)OCc2ccccc2)cc1. The fourth-order valence-electron chi connectivity index (χ4n) is 3.89. The van der Waals surface area contributed by atoms with E-state index in [2.05, 4.69) is 17.4 Å². The molecule has 2 atom stereocenters. The molecule has 3 aromatic carbocycles. The predicted octanol–water partition coefficient (Wildman–Crippen LogP) is 7.13. The molecule has 0 fully saturated rings. The van der Waals surface area contributed by atoms with E-state index in [-0.39, 0.29) is 23.9 Å². The van der Waals surface area contributed by atoms with Crippen LogP contribution in [0.15, 0.2) is 96.4 Å². The summed E-state index contributed by atoms with van der Waals surface area (Å²) in [6.07, 6.45) is 2.30. The number of hydrogen-bond donors (Lipinski definition) is 1. The first-order valence-corrected chi connectivity index (χ1v) is 16.4. The van der Waals surface area contributed by atoms with Crippen molar-refractivity contribution >= 4 is 28.0 Å². The number of amides is 1. The molecule has 9 heteroatoms. The molecule has 0 saturated carbocycles. The van der Waals surface area contributed by atoms with Gasteiger partial charge in [-0.15, -0.1) is 0 Å². The molecule has 7 nitrogen and oxygen atoms in total. The lowest BCUT2D eigenvalue weighted by atomic mass is 9.99. The molecule has 3 aromatic rings. The molecule has 3 rings (SSSR count). The number of hydrogen-bond acceptors (Lipinski definition) is 7. The third-order valence-electron chi connectivity index (χ3n) is 6.19. The highest BCUT2D eigenvalue weighted by atomic mass is 32.2. The van der Waals surface area contributed by atoms with Crippen LogP contribution in [-0.4, -0.2) is 39.5 Å². The summed E-state index contributed by atoms with van der Waals surface area (Å²) in [7, 11) is -2.35. The van der Waals surface area contributed by atoms with Crippen molar-refractivity contribution in [3.63, 3.8) is 0 Å². The van der Waals surface area contributed by atoms with E-state index in [1.54, 1.807) is 18.9 Å². The lowest BCUT2D eigenvalue weighted by Gasteiger charge is -2.26. The minimum absolute atomic E-state index is 0.0422. The number of carbonyl (C=O) groups excluding carboxylic acids is 1. The maximum absolute atomic E-state index is 13.0. The van der Waals surface area contributed by atoms with Gasteiger partial charge in [0, 0.05) is 11.0 Å². The van der Waals surface area contributed by atoms with Crippen LogP contribution in [0.5, 0.6) is 5.75 Å². The number of ether oxygens (including phenoxy) is 2. The molecule has 0 aliphatic carbocycles. The number of thioether (sulfide) groups is 1. The molecule has 0 heterocycles. The standard InChI is InChI=1S/C33H41NO6S2/c1-33(2,3)25-40-42(36,37)22-21-30(34-32(35)39-23-27-13-9-6-10-14-27)31(20-17-26-11-7-5-8-12-26)41-24-28-15-18-29(38-4)19-16-28/h5-16,18-19,21-22,30-31H,17,20,23-25H2,1-4H3,(H,34,35)/t30-,31+/m1/s1. The van der Waals surface area contributed by atoms with E-state index in [1.807, 2.05) is 93.6 Å². The Hall–Kier alpha value is -3.27. The first-order valence-electron chi connectivity index (χ1n) is 13.9. The van der Waals surface area contributed by atoms with Crippen molar-refractivity contribution < 1.29 is 26.9 Å². The minimum atomic E-state index is -3.97. The second-order valence-corrected chi connectivity index (χ2v) is 13.8. The Morgan fingerprint density at radius 3 is 2.12 bits per heavy atom. The summed E-state index contributed by atoms with van der Waals surface area (Å²) in [5, 5.41) is 3.78. The zero-order valence-corrected chi connectivity index (χ0v) is 26.3. The molecule has 0 unspecified atom stereocenters. The zero-order chi connectivity index (χ0) is 30.4. The van der Waals surface area contributed by atoms with Crippen molar-refractivity contribution in [1.29, 1.82) is 0 Å². The van der Waals surface area contributed by atoms with Gasteiger partial charge in [0.1, 0.15) is 12.4 Å². The predicted molar refractivity (Wildman–Crippen MR) is 170 cm³/mol. The average Bonchev–Trinajstić information content (AvgIpc) is 2.98. The van der Waals surface area contributed by atoms with Crippen molar-refractivity contribution in [3.8, 4) is 5.75 Å². The molecule has 1 amide bonds. The highest BCUT2D eigenvalue weighted by Gasteiger charge is 2.24. The fraction of sp³-hybridized carbons (Fsp3) is 0.364. The van der Waals surface area contributed by atoms with E-state index in [0.29, 0.717) is 12.2 Å². The summed E-state index contributed by atoms with van der Waals surface area (Å²) in [4.78, 5) is 13.0. The molecule has 0 radical (unpaired) electrons. The summed E-state index contributed by atoms with van der Waals surface area (Å²) in [5.74, 6) is 1.43. The maximum atomic E-state index is 13.0. The molecule has 42 heavy (non-hydrogen) atoms. The summed E-state index contributed by atoms with van der Waals surface area (Å²) >= 11 is 1.64. The van der Waals surface area contributed by atoms with Crippen LogP contribution in [0.3, 0.4) is 0 Å². The van der Waals surface area contributed by atoms with Gasteiger partial charge >= 0.3 is 6.09 Å². The largest absolute Gasteiger partial charge is 0.497 e. The number of nitrogens with one attached hydrogen (secondary N) is 1. The van der Waals surface area contributed by atoms with E-state index in [4.69, 9.17) is 13.7 Å². The van der Waals surface area contributed by atoms with Gasteiger partial charge in [-0.1, -0.05) is 93.6 Å². The maximum Gasteiger partial charge on any atom is 0.407 e. The summed E-state index contributed by atoms with van der Waals surface area (Å²) in [5.41, 5.74) is 2.77. The van der Waals surface area contributed by atoms with Gasteiger partial charge in [0.05, 0.1) is 25.2 Å². The van der Waals surface area contributed by atoms with Crippen molar-refractivity contribution in [2.45, 2.75) is 57.3 Å². The van der Waals surface area contributed by atoms with Crippen molar-refractivity contribution in [3.05, 3.63) is 113 Å². The zero-order valence-electron chi connectivity index (χ0n) is 24.7. The third-order valence-corrected chi connectivity index (χ3v) is 8.58. The van der Waals surface area contributed by atoms with E-state index in [9.17, 15) is 13.2 Å². The van der Waals surface area contributed by atoms with E-state index >= 15 is 0 Å². The molecular formula is C33H41NO6S2. The molecular weight excluding hydrogens is 570 g/mol. The highest BCUT2D eigenvalue weighted by Crippen LogP contribution is 2.27. The van der Waals surface area contributed by atoms with E-state index in [1.165, 1.54) is 6.08 Å². The fourth-order valence-corrected chi connectivity index (χ4v) is 6.10. The number of methoxy groups -OCH3 is 1. The number of rotatable bonds is 15. The smallest absolute Gasteiger partial charge is 0.407 e. The van der Waals surface area contributed by atoms with Gasteiger partial charge in [-0.3, -0.25) is 4.18 Å². The van der Waals surface area contributed by atoms with Gasteiger partial charge in [-0.25, -0.2) is 4.79 Å². The Morgan fingerprint density at radius 2 is 1.52 bits per heavy atom. The Labute approximate surface area is 254 Å². The van der Waals surface area contributed by atoms with Crippen molar-refractivity contribution in [2.24, 2.45) is 5.41 Å². The third kappa shape index (κ3) is 12.7. The van der Waals surface area contributed by atoms with E-state index < -0.39 is 22.3 Å². The normalized spacial score (nSPS) is 13.4. The van der Waals surface area contributed by atoms with Gasteiger partial charge in [-0.05, 0) is 53.2 Å². The van der Waals surface area contributed by atoms with Crippen molar-refractivity contribution in [1.82, 2.24) is 5.32 Å². The molecule has 0 saturated heterocycles. The molecule has 0 aromatic heterocycles. The molecule has 1 N–H and O–H groups in total. The number of carbonyl (C=O) groups is 1. The summed E-state index contributed by atoms with van der Waals surface area (Å²) < 4.78 is 41.5. The van der Waals surface area contributed by atoms with Crippen LogP contribution in [0.25, 0.3) is 0 Å². The first kappa shape index (κ1) is 33.2. The lowest BCUT2D eigenvalue weighted by Crippen LogP contribution is -2.41. The van der Waals surface area contributed by atoms with Crippen LogP contribution in [-0.2, 0) is 37.8 Å². The van der Waals surface area contributed by atoms with Crippen LogP contribution in [0.2, 0.25) is 0 Å². The molecule has 0 bridgehead atoms. The van der Waals surface area contributed by atoms with Crippen molar-refractivity contribution in [2.75, 3.05) is 13.7 Å². The number of aryl methyl sites for hydroxylation is 1. The van der Waals surface area contributed by atoms with Crippen LogP contribution in [0.4, 0.5) is 4.79 Å². The second-order valence-electron chi connectivity index (χ2n) is 11.1. The molecule has 0 aliphatic heterocycles. The quantitative estimate of drug-likeness (QED) is 0.183. The van der Waals surface area contributed by atoms with Crippen LogP contribution >= 0.6 is 11.8 Å². The summed E-state index contributed by atoms with van der Waals surface area (Å²) in [6.45, 7) is 5.84. The number of benzene rings is 3. The average molecular weight is 612 g/mol. The number of alkyl carbamates (subject to hydrolysis) is 1. The Balaban J connectivity index is 1.82. The Bertz CT molecular complexity index is 1360. The minimum Gasteiger partial charge on any atom is -0.497 e. The van der Waals surface area contributed by atoms with Gasteiger partial charge in [0.15, 0.2) is 0 Å². The Morgan fingerprint density at radius 1 is 0.905 bits per heavy atom. The summed E-state index contributed by atoms with van der Waals surface area (Å²) in [6, 6.07) is 26.6. The monoisotopic (exact) mass is 611 g/mol. The highest BCUT2D eigenvalue weighted by molar-refractivity contribution is 7.99. The van der Waals surface area contributed by atoms with Gasteiger partial charge < -0.3 is 14.8 Å². The topological polar surface area (TPSA) is 90.9 Å². The molecule has 0 spiro atoms. The first-order chi connectivity index (χ1) is 20.0. The lowest BCUT2D eigenvalue weighted by molar-refractivity contribution is 0.137. The van der Waals surface area contributed by atoms with Gasteiger partial charge in [-0.2, -0.15) is 20.2 Å². The van der Waals surface area contributed by atoms with Crippen LogP contribution in [0, 0.1) is 5.41 Å².